The lowest BCUT2D eigenvalue weighted by molar-refractivity contribution is -0.237. The predicted molar refractivity (Wildman–Crippen MR) is 170 cm³/mol. The van der Waals surface area contributed by atoms with Gasteiger partial charge in [-0.05, 0) is 47.9 Å². The summed E-state index contributed by atoms with van der Waals surface area (Å²) in [7, 11) is -0.350. The van der Waals surface area contributed by atoms with Gasteiger partial charge in [0, 0.05) is 33.4 Å². The van der Waals surface area contributed by atoms with Gasteiger partial charge in [0.25, 0.3) is 0 Å². The number of ether oxygens (including phenoxy) is 5. The quantitative estimate of drug-likeness (QED) is 0.166. The van der Waals surface area contributed by atoms with Crippen LogP contribution in [0.15, 0.2) is 24.3 Å². The molecule has 9 nitrogen and oxygen atoms in total. The molecule has 0 unspecified atom stereocenters. The highest BCUT2D eigenvalue weighted by Crippen LogP contribution is 2.55. The molecule has 1 aromatic carbocycles. The van der Waals surface area contributed by atoms with Crippen molar-refractivity contribution in [1.29, 1.82) is 0 Å². The molecule has 1 aliphatic heterocycles. The Bertz CT molecular complexity index is 1120. The normalized spacial score (nSPS) is 26.5. The van der Waals surface area contributed by atoms with E-state index in [9.17, 15) is 19.2 Å². The van der Waals surface area contributed by atoms with Crippen LogP contribution in [0.2, 0.25) is 0 Å². The van der Waals surface area contributed by atoms with Crippen molar-refractivity contribution in [3.8, 4) is 0 Å². The van der Waals surface area contributed by atoms with Gasteiger partial charge in [0.1, 0.15) is 18.1 Å². The molecule has 0 aromatic heterocycles. The summed E-state index contributed by atoms with van der Waals surface area (Å²) in [5, 5.41) is 1.46. The summed E-state index contributed by atoms with van der Waals surface area (Å²) < 4.78 is 28.5. The zero-order chi connectivity index (χ0) is 31.6. The van der Waals surface area contributed by atoms with E-state index in [0.29, 0.717) is 5.75 Å². The van der Waals surface area contributed by atoms with E-state index in [1.807, 2.05) is 0 Å². The Morgan fingerprint density at radius 3 is 1.80 bits per heavy atom. The molecule has 1 saturated heterocycles. The summed E-state index contributed by atoms with van der Waals surface area (Å²) in [6.45, 7) is 4.79. The fourth-order valence-electron chi connectivity index (χ4n) is 6.79. The van der Waals surface area contributed by atoms with E-state index in [0.717, 1.165) is 11.3 Å². The Morgan fingerprint density at radius 2 is 1.25 bits per heavy atom. The molecule has 2 saturated carbocycles. The molecule has 0 radical (unpaired) electrons. The molecule has 3 aliphatic rings. The number of rotatable bonds is 11. The highest BCUT2D eigenvalue weighted by molar-refractivity contribution is 7.99. The minimum absolute atomic E-state index is 0.222. The second kappa shape index (κ2) is 17.0. The third-order valence-corrected chi connectivity index (χ3v) is 13.3. The number of esters is 4. The second-order valence-corrected chi connectivity index (χ2v) is 15.8. The van der Waals surface area contributed by atoms with Gasteiger partial charge in [0.2, 0.25) is 0 Å². The molecule has 0 spiro atoms. The van der Waals surface area contributed by atoms with E-state index >= 15 is 0 Å². The Balaban J connectivity index is 1.64. The third-order valence-electron chi connectivity index (χ3n) is 8.56. The van der Waals surface area contributed by atoms with Gasteiger partial charge in [-0.3, -0.25) is 19.2 Å². The fraction of sp³-hybridized carbons (Fsp3) is 0.697. The first-order valence-electron chi connectivity index (χ1n) is 15.9. The summed E-state index contributed by atoms with van der Waals surface area (Å²) in [4.78, 5) is 48.3. The van der Waals surface area contributed by atoms with Crippen LogP contribution in [0.5, 0.6) is 0 Å². The molecule has 44 heavy (non-hydrogen) atoms. The first-order chi connectivity index (χ1) is 21.1. The van der Waals surface area contributed by atoms with Crippen LogP contribution in [0.4, 0.5) is 0 Å². The molecule has 1 heterocycles. The standard InChI is InChI=1S/C33H47O9PS/c1-21(34)38-19-28-30(39-22(2)35)31(40-23(3)36)32(41-24(4)37)33(42-28)44-20-25-13-11-12-18-29(25)43(26-14-7-5-8-15-26)27-16-9-6-10-17-27/h11-13,18,26-28,30-33H,5-10,14-17,19-20H2,1-4H3/t28-,30-,31+,32-,33+/m1/s1. The molecule has 3 fully saturated rings. The Morgan fingerprint density at radius 1 is 0.727 bits per heavy atom. The van der Waals surface area contributed by atoms with Gasteiger partial charge in [-0.25, -0.2) is 0 Å². The first-order valence-corrected chi connectivity index (χ1v) is 18.4. The van der Waals surface area contributed by atoms with Gasteiger partial charge in [-0.15, -0.1) is 11.8 Å². The smallest absolute Gasteiger partial charge is 0.303 e. The van der Waals surface area contributed by atoms with Crippen molar-refractivity contribution in [3.05, 3.63) is 29.8 Å². The third kappa shape index (κ3) is 9.67. The highest BCUT2D eigenvalue weighted by atomic mass is 32.2. The zero-order valence-corrected chi connectivity index (χ0v) is 28.1. The maximum atomic E-state index is 12.3. The van der Waals surface area contributed by atoms with Crippen molar-refractivity contribution in [3.63, 3.8) is 0 Å². The summed E-state index contributed by atoms with van der Waals surface area (Å²) >= 11 is 1.45. The van der Waals surface area contributed by atoms with E-state index in [1.165, 1.54) is 115 Å². The maximum absolute atomic E-state index is 12.3. The molecule has 1 aromatic rings. The summed E-state index contributed by atoms with van der Waals surface area (Å²) in [6.07, 6.45) is 8.76. The van der Waals surface area contributed by atoms with Crippen molar-refractivity contribution in [1.82, 2.24) is 0 Å². The number of hydrogen-bond donors (Lipinski definition) is 0. The van der Waals surface area contributed by atoms with E-state index < -0.39 is 53.7 Å². The van der Waals surface area contributed by atoms with Crippen LogP contribution >= 0.6 is 19.7 Å². The van der Waals surface area contributed by atoms with Crippen LogP contribution in [-0.4, -0.2) is 71.7 Å². The summed E-state index contributed by atoms with van der Waals surface area (Å²) in [5.41, 5.74) is 1.93. The molecule has 2 aliphatic carbocycles. The zero-order valence-electron chi connectivity index (χ0n) is 26.4. The van der Waals surface area contributed by atoms with Crippen LogP contribution in [0.3, 0.4) is 0 Å². The van der Waals surface area contributed by atoms with Crippen molar-refractivity contribution in [2.45, 2.75) is 139 Å². The molecule has 0 N–H and O–H groups in total. The summed E-state index contributed by atoms with van der Waals surface area (Å²) in [5.74, 6) is -1.79. The Kier molecular flexibility index (Phi) is 13.4. The van der Waals surface area contributed by atoms with Crippen LogP contribution in [-0.2, 0) is 48.6 Å². The molecule has 4 rings (SSSR count). The van der Waals surface area contributed by atoms with Crippen LogP contribution in [0, 0.1) is 0 Å². The fourth-order valence-corrected chi connectivity index (χ4v) is 12.1. The van der Waals surface area contributed by atoms with Gasteiger partial charge < -0.3 is 23.7 Å². The van der Waals surface area contributed by atoms with E-state index in [-0.39, 0.29) is 14.5 Å². The van der Waals surface area contributed by atoms with Gasteiger partial charge in [-0.1, -0.05) is 70.7 Å². The predicted octanol–water partition coefficient (Wildman–Crippen LogP) is 5.78. The van der Waals surface area contributed by atoms with E-state index in [2.05, 4.69) is 24.3 Å². The molecular weight excluding hydrogens is 603 g/mol. The minimum Gasteiger partial charge on any atom is -0.463 e. The minimum atomic E-state index is -1.15. The summed E-state index contributed by atoms with van der Waals surface area (Å²) in [6, 6.07) is 8.73. The van der Waals surface area contributed by atoms with Crippen molar-refractivity contribution in [2.24, 2.45) is 0 Å². The topological polar surface area (TPSA) is 114 Å². The van der Waals surface area contributed by atoms with Crippen molar-refractivity contribution >= 4 is 48.9 Å². The molecule has 5 atom stereocenters. The number of carbonyl (C=O) groups excluding carboxylic acids is 4. The Labute approximate surface area is 266 Å². The van der Waals surface area contributed by atoms with Crippen LogP contribution < -0.4 is 5.30 Å². The van der Waals surface area contributed by atoms with Gasteiger partial charge in [0.15, 0.2) is 18.3 Å². The van der Waals surface area contributed by atoms with Gasteiger partial charge in [0.05, 0.1) is 0 Å². The lowest BCUT2D eigenvalue weighted by Gasteiger charge is -2.44. The molecule has 0 amide bonds. The average molecular weight is 651 g/mol. The van der Waals surface area contributed by atoms with Crippen molar-refractivity contribution < 1.29 is 42.9 Å². The van der Waals surface area contributed by atoms with Gasteiger partial charge >= 0.3 is 23.9 Å². The maximum Gasteiger partial charge on any atom is 0.303 e. The van der Waals surface area contributed by atoms with Crippen LogP contribution in [0.25, 0.3) is 0 Å². The molecular formula is C33H47O9PS. The number of hydrogen-bond acceptors (Lipinski definition) is 10. The van der Waals surface area contributed by atoms with E-state index in [4.69, 9.17) is 23.7 Å². The largest absolute Gasteiger partial charge is 0.463 e. The number of benzene rings is 1. The number of carbonyl (C=O) groups is 4. The second-order valence-electron chi connectivity index (χ2n) is 12.0. The molecule has 244 valence electrons. The number of thioether (sulfide) groups is 1. The average Bonchev–Trinajstić information content (AvgIpc) is 2.99. The van der Waals surface area contributed by atoms with Gasteiger partial charge in [-0.2, -0.15) is 0 Å². The monoisotopic (exact) mass is 650 g/mol. The molecule has 0 bridgehead atoms. The Hall–Kier alpha value is -2.16. The highest BCUT2D eigenvalue weighted by Gasteiger charge is 2.52. The molecule has 11 heteroatoms. The van der Waals surface area contributed by atoms with E-state index in [1.54, 1.807) is 0 Å². The SMILES string of the molecule is CC(=O)OC[C@H]1O[C@@H](SCc2ccccc2P(C2CCCCC2)C2CCCCC2)[C@H](OC(C)=O)[C@@H](OC(C)=O)[C@@H]1OC(C)=O. The van der Waals surface area contributed by atoms with Crippen molar-refractivity contribution in [2.75, 3.05) is 6.61 Å². The lowest BCUT2D eigenvalue weighted by atomic mass is 9.99. The first kappa shape index (κ1) is 34.7. The lowest BCUT2D eigenvalue weighted by Crippen LogP contribution is -2.61. The van der Waals surface area contributed by atoms with Crippen LogP contribution in [0.1, 0.15) is 97.5 Å².